The van der Waals surface area contributed by atoms with Gasteiger partial charge in [0.2, 0.25) is 11.8 Å². The average Bonchev–Trinajstić information content (AvgIpc) is 2.83. The molecule has 0 radical (unpaired) electrons. The second kappa shape index (κ2) is 6.24. The fourth-order valence-electron chi connectivity index (χ4n) is 1.34. The van der Waals surface area contributed by atoms with Crippen LogP contribution >= 0.6 is 11.8 Å². The third kappa shape index (κ3) is 3.99. The highest BCUT2D eigenvalue weighted by Gasteiger charge is 2.08. The topological polar surface area (TPSA) is 77.2 Å². The highest BCUT2D eigenvalue weighted by atomic mass is 32.2. The summed E-state index contributed by atoms with van der Waals surface area (Å²) in [6.45, 7) is 1.70. The summed E-state index contributed by atoms with van der Waals surface area (Å²) in [5.41, 5.74) is 0.716. The maximum absolute atomic E-state index is 11.7. The molecule has 0 saturated carbocycles. The van der Waals surface area contributed by atoms with Crippen LogP contribution in [0.4, 0.5) is 5.69 Å². The summed E-state index contributed by atoms with van der Waals surface area (Å²) in [4.78, 5) is 11.7. The maximum atomic E-state index is 11.7. The molecule has 1 N–H and O–H groups in total. The van der Waals surface area contributed by atoms with Gasteiger partial charge in [0.25, 0.3) is 5.22 Å². The Labute approximate surface area is 114 Å². The molecule has 1 aromatic carbocycles. The summed E-state index contributed by atoms with van der Waals surface area (Å²) < 4.78 is 10.2. The van der Waals surface area contributed by atoms with E-state index in [2.05, 4.69) is 15.5 Å². The number of nitrogens with one attached hydrogen (secondary N) is 1. The second-order valence-electron chi connectivity index (χ2n) is 3.65. The zero-order valence-electron chi connectivity index (χ0n) is 10.5. The van der Waals surface area contributed by atoms with Crippen molar-refractivity contribution >= 4 is 23.4 Å². The minimum atomic E-state index is -0.133. The number of ether oxygens (including phenoxy) is 1. The van der Waals surface area contributed by atoms with E-state index < -0.39 is 0 Å². The van der Waals surface area contributed by atoms with Gasteiger partial charge >= 0.3 is 0 Å². The number of aryl methyl sites for hydroxylation is 1. The van der Waals surface area contributed by atoms with Crippen molar-refractivity contribution < 1.29 is 13.9 Å². The van der Waals surface area contributed by atoms with Crippen molar-refractivity contribution in [3.63, 3.8) is 0 Å². The van der Waals surface area contributed by atoms with Gasteiger partial charge < -0.3 is 14.5 Å². The third-order valence-corrected chi connectivity index (χ3v) is 3.03. The number of methoxy groups -OCH3 is 1. The third-order valence-electron chi connectivity index (χ3n) is 2.21. The number of aromatic nitrogens is 2. The fraction of sp³-hybridized carbons (Fsp3) is 0.250. The van der Waals surface area contributed by atoms with Crippen LogP contribution in [0.5, 0.6) is 5.75 Å². The van der Waals surface area contributed by atoms with Gasteiger partial charge in [-0.2, -0.15) is 0 Å². The summed E-state index contributed by atoms with van der Waals surface area (Å²) >= 11 is 1.20. The maximum Gasteiger partial charge on any atom is 0.277 e. The lowest BCUT2D eigenvalue weighted by atomic mass is 10.3. The van der Waals surface area contributed by atoms with Crippen molar-refractivity contribution in [3.05, 3.63) is 30.2 Å². The molecule has 2 aromatic rings. The molecule has 19 heavy (non-hydrogen) atoms. The molecule has 0 fully saturated rings. The summed E-state index contributed by atoms with van der Waals surface area (Å²) in [5.74, 6) is 1.31. The lowest BCUT2D eigenvalue weighted by Gasteiger charge is -2.05. The van der Waals surface area contributed by atoms with Crippen LogP contribution in [0.3, 0.4) is 0 Å². The van der Waals surface area contributed by atoms with Crippen molar-refractivity contribution in [1.82, 2.24) is 10.2 Å². The fourth-order valence-corrected chi connectivity index (χ4v) is 1.94. The van der Waals surface area contributed by atoms with E-state index in [1.165, 1.54) is 11.8 Å². The van der Waals surface area contributed by atoms with E-state index in [-0.39, 0.29) is 11.7 Å². The molecular formula is C12H13N3O3S. The molecule has 0 aliphatic carbocycles. The van der Waals surface area contributed by atoms with Crippen molar-refractivity contribution in [2.45, 2.75) is 12.1 Å². The number of hydrogen-bond acceptors (Lipinski definition) is 6. The number of carbonyl (C=O) groups excluding carboxylic acids is 1. The Morgan fingerprint density at radius 2 is 2.11 bits per heavy atom. The van der Waals surface area contributed by atoms with Crippen LogP contribution in [0.25, 0.3) is 0 Å². The largest absolute Gasteiger partial charge is 0.497 e. The van der Waals surface area contributed by atoms with Crippen molar-refractivity contribution in [2.24, 2.45) is 0 Å². The molecule has 7 heteroatoms. The molecule has 0 unspecified atom stereocenters. The van der Waals surface area contributed by atoms with Gasteiger partial charge in [0, 0.05) is 12.6 Å². The number of benzene rings is 1. The van der Waals surface area contributed by atoms with Crippen LogP contribution in [-0.2, 0) is 4.79 Å². The first-order valence-corrected chi connectivity index (χ1v) is 6.53. The van der Waals surface area contributed by atoms with E-state index in [9.17, 15) is 4.79 Å². The Hall–Kier alpha value is -2.02. The normalized spacial score (nSPS) is 10.2. The summed E-state index contributed by atoms with van der Waals surface area (Å²) in [6.07, 6.45) is 0. The Kier molecular flexibility index (Phi) is 4.40. The average molecular weight is 279 g/mol. The van der Waals surface area contributed by atoms with Crippen LogP contribution in [0, 0.1) is 6.92 Å². The first-order chi connectivity index (χ1) is 9.17. The summed E-state index contributed by atoms with van der Waals surface area (Å²) in [5, 5.41) is 10.6. The minimum absolute atomic E-state index is 0.133. The molecule has 0 aliphatic rings. The van der Waals surface area contributed by atoms with Crippen molar-refractivity contribution in [2.75, 3.05) is 18.2 Å². The van der Waals surface area contributed by atoms with E-state index >= 15 is 0 Å². The van der Waals surface area contributed by atoms with Crippen molar-refractivity contribution in [3.8, 4) is 5.75 Å². The van der Waals surface area contributed by atoms with E-state index in [1.54, 1.807) is 38.3 Å². The Bertz CT molecular complexity index is 554. The van der Waals surface area contributed by atoms with E-state index in [0.29, 0.717) is 16.8 Å². The van der Waals surface area contributed by atoms with Gasteiger partial charge in [0.05, 0.1) is 12.9 Å². The van der Waals surface area contributed by atoms with Crippen LogP contribution in [0.15, 0.2) is 33.9 Å². The smallest absolute Gasteiger partial charge is 0.277 e. The SMILES string of the molecule is COc1ccc(NC(=O)CSc2nnc(C)o2)cc1. The van der Waals surface area contributed by atoms with Crippen molar-refractivity contribution in [1.29, 1.82) is 0 Å². The van der Waals surface area contributed by atoms with E-state index in [0.717, 1.165) is 5.75 Å². The van der Waals surface area contributed by atoms with Crippen LogP contribution in [0.2, 0.25) is 0 Å². The predicted octanol–water partition coefficient (Wildman–Crippen LogP) is 2.12. The number of nitrogens with zero attached hydrogens (tertiary/aromatic N) is 2. The van der Waals surface area contributed by atoms with E-state index in [4.69, 9.17) is 9.15 Å². The molecule has 2 rings (SSSR count). The Morgan fingerprint density at radius 3 is 2.68 bits per heavy atom. The van der Waals surface area contributed by atoms with Gasteiger partial charge in [-0.25, -0.2) is 0 Å². The molecule has 1 amide bonds. The summed E-state index contributed by atoms with van der Waals surface area (Å²) in [6, 6.07) is 7.12. The highest BCUT2D eigenvalue weighted by molar-refractivity contribution is 7.99. The van der Waals surface area contributed by atoms with Crippen LogP contribution < -0.4 is 10.1 Å². The van der Waals surface area contributed by atoms with Gasteiger partial charge in [-0.3, -0.25) is 4.79 Å². The number of rotatable bonds is 5. The molecule has 100 valence electrons. The quantitative estimate of drug-likeness (QED) is 0.845. The molecule has 0 atom stereocenters. The molecule has 6 nitrogen and oxygen atoms in total. The van der Waals surface area contributed by atoms with Gasteiger partial charge in [-0.15, -0.1) is 10.2 Å². The standard InChI is InChI=1S/C12H13N3O3S/c1-8-14-15-12(18-8)19-7-11(16)13-9-3-5-10(17-2)6-4-9/h3-6H,7H2,1-2H3,(H,13,16). The first-order valence-electron chi connectivity index (χ1n) is 5.54. The molecule has 1 aromatic heterocycles. The van der Waals surface area contributed by atoms with Crippen LogP contribution in [-0.4, -0.2) is 29.0 Å². The number of anilines is 1. The minimum Gasteiger partial charge on any atom is -0.497 e. The molecule has 0 aliphatic heterocycles. The molecule has 1 heterocycles. The number of thioether (sulfide) groups is 1. The second-order valence-corrected chi connectivity index (χ2v) is 4.58. The van der Waals surface area contributed by atoms with Crippen LogP contribution in [0.1, 0.15) is 5.89 Å². The highest BCUT2D eigenvalue weighted by Crippen LogP contribution is 2.18. The zero-order valence-corrected chi connectivity index (χ0v) is 11.4. The Morgan fingerprint density at radius 1 is 1.37 bits per heavy atom. The number of hydrogen-bond donors (Lipinski definition) is 1. The van der Waals surface area contributed by atoms with Gasteiger partial charge in [0.15, 0.2) is 0 Å². The van der Waals surface area contributed by atoms with E-state index in [1.807, 2.05) is 0 Å². The van der Waals surface area contributed by atoms with Gasteiger partial charge in [0.1, 0.15) is 5.75 Å². The zero-order chi connectivity index (χ0) is 13.7. The van der Waals surface area contributed by atoms with Gasteiger partial charge in [-0.1, -0.05) is 11.8 Å². The molecular weight excluding hydrogens is 266 g/mol. The van der Waals surface area contributed by atoms with Gasteiger partial charge in [-0.05, 0) is 24.3 Å². The summed E-state index contributed by atoms with van der Waals surface area (Å²) in [7, 11) is 1.59. The lowest BCUT2D eigenvalue weighted by Crippen LogP contribution is -2.13. The molecule has 0 saturated heterocycles. The number of carbonyl (C=O) groups is 1. The Balaban J connectivity index is 1.83. The number of amides is 1. The molecule has 0 spiro atoms. The monoisotopic (exact) mass is 279 g/mol. The lowest BCUT2D eigenvalue weighted by molar-refractivity contribution is -0.113. The molecule has 0 bridgehead atoms. The first kappa shape index (κ1) is 13.4. The predicted molar refractivity (Wildman–Crippen MR) is 71.4 cm³/mol.